The highest BCUT2D eigenvalue weighted by molar-refractivity contribution is 6.02. The number of rotatable bonds is 4. The number of amides is 2. The van der Waals surface area contributed by atoms with Gasteiger partial charge in [-0.3, -0.25) is 9.59 Å². The number of nitrogens with zero attached hydrogens (tertiary/aromatic N) is 1. The summed E-state index contributed by atoms with van der Waals surface area (Å²) in [5.41, 5.74) is 0.864. The number of hydrogen-bond donors (Lipinski definition) is 1. The van der Waals surface area contributed by atoms with Gasteiger partial charge in [-0.15, -0.1) is 0 Å². The van der Waals surface area contributed by atoms with Crippen LogP contribution in [-0.2, 0) is 14.3 Å². The molecule has 0 unspecified atom stereocenters. The standard InChI is InChI=1S/C14H18N2O3/c1-10-8-12(15-13(17)9-19-2)14(18)16(10)11-6-4-3-5-7-11/h3-7,10,12H,8-9H2,1-2H3,(H,15,17)/t10-,12-/m1/s1. The summed E-state index contributed by atoms with van der Waals surface area (Å²) >= 11 is 0. The Labute approximate surface area is 112 Å². The summed E-state index contributed by atoms with van der Waals surface area (Å²) in [4.78, 5) is 25.5. The molecule has 1 fully saturated rings. The second-order valence-electron chi connectivity index (χ2n) is 4.68. The van der Waals surface area contributed by atoms with Gasteiger partial charge in [0.15, 0.2) is 0 Å². The highest BCUT2D eigenvalue weighted by atomic mass is 16.5. The Bertz CT molecular complexity index is 461. The Morgan fingerprint density at radius 1 is 1.42 bits per heavy atom. The molecule has 0 spiro atoms. The van der Waals surface area contributed by atoms with Gasteiger partial charge in [0.2, 0.25) is 11.8 Å². The van der Waals surface area contributed by atoms with Gasteiger partial charge in [0.05, 0.1) is 0 Å². The maximum Gasteiger partial charge on any atom is 0.249 e. The molecule has 2 atom stereocenters. The second kappa shape index (κ2) is 5.84. The van der Waals surface area contributed by atoms with E-state index < -0.39 is 6.04 Å². The topological polar surface area (TPSA) is 58.6 Å². The van der Waals surface area contributed by atoms with Crippen LogP contribution in [0.3, 0.4) is 0 Å². The van der Waals surface area contributed by atoms with Crippen molar-refractivity contribution in [2.24, 2.45) is 0 Å². The lowest BCUT2D eigenvalue weighted by Crippen LogP contribution is -2.43. The van der Waals surface area contributed by atoms with E-state index in [0.29, 0.717) is 6.42 Å². The number of hydrogen-bond acceptors (Lipinski definition) is 3. The molecule has 1 aromatic rings. The van der Waals surface area contributed by atoms with Crippen LogP contribution in [0.2, 0.25) is 0 Å². The van der Waals surface area contributed by atoms with E-state index in [9.17, 15) is 9.59 Å². The second-order valence-corrected chi connectivity index (χ2v) is 4.68. The van der Waals surface area contributed by atoms with Crippen molar-refractivity contribution >= 4 is 17.5 Å². The number of para-hydroxylation sites is 1. The van der Waals surface area contributed by atoms with E-state index in [1.54, 1.807) is 4.90 Å². The van der Waals surface area contributed by atoms with Gasteiger partial charge < -0.3 is 15.0 Å². The molecule has 5 nitrogen and oxygen atoms in total. The molecule has 1 aliphatic rings. The molecular weight excluding hydrogens is 244 g/mol. The van der Waals surface area contributed by atoms with Crippen molar-refractivity contribution in [3.63, 3.8) is 0 Å². The Morgan fingerprint density at radius 3 is 2.74 bits per heavy atom. The van der Waals surface area contributed by atoms with E-state index in [1.165, 1.54) is 7.11 Å². The van der Waals surface area contributed by atoms with Crippen molar-refractivity contribution in [2.75, 3.05) is 18.6 Å². The molecule has 0 saturated carbocycles. The number of carbonyl (C=O) groups is 2. The van der Waals surface area contributed by atoms with Crippen molar-refractivity contribution < 1.29 is 14.3 Å². The molecule has 5 heteroatoms. The quantitative estimate of drug-likeness (QED) is 0.878. The van der Waals surface area contributed by atoms with Crippen LogP contribution in [0.15, 0.2) is 30.3 Å². The fourth-order valence-electron chi connectivity index (χ4n) is 2.39. The molecule has 2 amide bonds. The maximum atomic E-state index is 12.3. The van der Waals surface area contributed by atoms with Crippen LogP contribution < -0.4 is 10.2 Å². The van der Waals surface area contributed by atoms with Crippen LogP contribution in [-0.4, -0.2) is 37.6 Å². The first kappa shape index (κ1) is 13.5. The van der Waals surface area contributed by atoms with Crippen molar-refractivity contribution in [1.29, 1.82) is 0 Å². The summed E-state index contributed by atoms with van der Waals surface area (Å²) < 4.78 is 4.75. The first-order valence-corrected chi connectivity index (χ1v) is 6.30. The Morgan fingerprint density at radius 2 is 2.11 bits per heavy atom. The lowest BCUT2D eigenvalue weighted by molar-refractivity contribution is -0.128. The first-order valence-electron chi connectivity index (χ1n) is 6.30. The van der Waals surface area contributed by atoms with Crippen LogP contribution >= 0.6 is 0 Å². The van der Waals surface area contributed by atoms with Gasteiger partial charge >= 0.3 is 0 Å². The average molecular weight is 262 g/mol. The average Bonchev–Trinajstić information content (AvgIpc) is 2.66. The van der Waals surface area contributed by atoms with Crippen LogP contribution in [0, 0.1) is 0 Å². The molecule has 102 valence electrons. The number of benzene rings is 1. The van der Waals surface area contributed by atoms with Gasteiger partial charge in [0, 0.05) is 18.8 Å². The minimum absolute atomic E-state index is 0.0243. The molecule has 19 heavy (non-hydrogen) atoms. The number of methoxy groups -OCH3 is 1. The molecule has 2 rings (SSSR count). The van der Waals surface area contributed by atoms with Crippen LogP contribution in [0.25, 0.3) is 0 Å². The summed E-state index contributed by atoms with van der Waals surface area (Å²) in [6.45, 7) is 1.96. The van der Waals surface area contributed by atoms with Gasteiger partial charge in [-0.1, -0.05) is 18.2 Å². The van der Waals surface area contributed by atoms with Crippen molar-refractivity contribution in [3.8, 4) is 0 Å². The molecule has 0 aliphatic carbocycles. The van der Waals surface area contributed by atoms with E-state index in [0.717, 1.165) is 5.69 Å². The van der Waals surface area contributed by atoms with E-state index in [4.69, 9.17) is 4.74 Å². The third-order valence-corrected chi connectivity index (χ3v) is 3.20. The lowest BCUT2D eigenvalue weighted by atomic mass is 10.2. The first-order chi connectivity index (χ1) is 9.13. The number of anilines is 1. The van der Waals surface area contributed by atoms with Crippen LogP contribution in [0.1, 0.15) is 13.3 Å². The van der Waals surface area contributed by atoms with Crippen molar-refractivity contribution in [1.82, 2.24) is 5.32 Å². The predicted octanol–water partition coefficient (Wildman–Crippen LogP) is 0.943. The van der Waals surface area contributed by atoms with E-state index in [-0.39, 0.29) is 24.5 Å². The Kier molecular flexibility index (Phi) is 4.16. The van der Waals surface area contributed by atoms with E-state index >= 15 is 0 Å². The van der Waals surface area contributed by atoms with E-state index in [1.807, 2.05) is 37.3 Å². The third-order valence-electron chi connectivity index (χ3n) is 3.20. The zero-order valence-electron chi connectivity index (χ0n) is 11.1. The highest BCUT2D eigenvalue weighted by Gasteiger charge is 2.38. The summed E-state index contributed by atoms with van der Waals surface area (Å²) in [6.07, 6.45) is 0.614. The summed E-state index contributed by atoms with van der Waals surface area (Å²) in [5, 5.41) is 2.70. The minimum Gasteiger partial charge on any atom is -0.375 e. The van der Waals surface area contributed by atoms with Crippen molar-refractivity contribution in [2.45, 2.75) is 25.4 Å². The van der Waals surface area contributed by atoms with Gasteiger partial charge in [-0.05, 0) is 25.5 Å². The highest BCUT2D eigenvalue weighted by Crippen LogP contribution is 2.26. The number of ether oxygens (including phenoxy) is 1. The fourth-order valence-corrected chi connectivity index (χ4v) is 2.39. The number of carbonyl (C=O) groups excluding carboxylic acids is 2. The molecule has 0 aromatic heterocycles. The summed E-state index contributed by atoms with van der Waals surface area (Å²) in [7, 11) is 1.45. The fraction of sp³-hybridized carbons (Fsp3) is 0.429. The Balaban J connectivity index is 2.09. The molecule has 1 N–H and O–H groups in total. The molecular formula is C14H18N2O3. The van der Waals surface area contributed by atoms with Crippen LogP contribution in [0.5, 0.6) is 0 Å². The Hall–Kier alpha value is -1.88. The van der Waals surface area contributed by atoms with Gasteiger partial charge in [0.25, 0.3) is 0 Å². The maximum absolute atomic E-state index is 12.3. The molecule has 0 bridgehead atoms. The third kappa shape index (κ3) is 2.93. The zero-order chi connectivity index (χ0) is 13.8. The molecule has 1 heterocycles. The smallest absolute Gasteiger partial charge is 0.249 e. The van der Waals surface area contributed by atoms with Gasteiger partial charge in [0.1, 0.15) is 12.6 Å². The van der Waals surface area contributed by atoms with Gasteiger partial charge in [-0.2, -0.15) is 0 Å². The predicted molar refractivity (Wildman–Crippen MR) is 71.8 cm³/mol. The molecule has 1 aromatic carbocycles. The van der Waals surface area contributed by atoms with Crippen molar-refractivity contribution in [3.05, 3.63) is 30.3 Å². The zero-order valence-corrected chi connectivity index (χ0v) is 11.1. The SMILES string of the molecule is COCC(=O)N[C@@H]1C[C@@H](C)N(c2ccccc2)C1=O. The minimum atomic E-state index is -0.460. The lowest BCUT2D eigenvalue weighted by Gasteiger charge is -2.21. The summed E-state index contributed by atoms with van der Waals surface area (Å²) in [6, 6.07) is 9.10. The normalized spacial score (nSPS) is 22.6. The molecule has 1 aliphatic heterocycles. The van der Waals surface area contributed by atoms with E-state index in [2.05, 4.69) is 5.32 Å². The van der Waals surface area contributed by atoms with Crippen LogP contribution in [0.4, 0.5) is 5.69 Å². The van der Waals surface area contributed by atoms with Gasteiger partial charge in [-0.25, -0.2) is 0 Å². The molecule has 0 radical (unpaired) electrons. The molecule has 1 saturated heterocycles. The summed E-state index contributed by atoms with van der Waals surface area (Å²) in [5.74, 6) is -0.328. The number of nitrogens with one attached hydrogen (secondary N) is 1. The monoisotopic (exact) mass is 262 g/mol. The largest absolute Gasteiger partial charge is 0.375 e.